The predicted molar refractivity (Wildman–Crippen MR) is 221 cm³/mol. The molecule has 0 saturated carbocycles. The van der Waals surface area contributed by atoms with Crippen LogP contribution in [0.2, 0.25) is 0 Å². The van der Waals surface area contributed by atoms with Gasteiger partial charge in [0.2, 0.25) is 0 Å². The van der Waals surface area contributed by atoms with Crippen LogP contribution >= 0.6 is 0 Å². The Labute approximate surface area is 301 Å². The summed E-state index contributed by atoms with van der Waals surface area (Å²) in [4.78, 5) is 0. The molecular weight excluding hydrogens is 617 g/mol. The Kier molecular flexibility index (Phi) is 7.58. The Hall–Kier alpha value is -5.60. The molecule has 2 aromatic heterocycles. The Balaban J connectivity index is 1.04. The van der Waals surface area contributed by atoms with Crippen LogP contribution < -0.4 is 0 Å². The summed E-state index contributed by atoms with van der Waals surface area (Å²) in [5.41, 5.74) is 15.9. The molecule has 2 nitrogen and oxygen atoms in total. The Bertz CT molecular complexity index is 2500. The zero-order chi connectivity index (χ0) is 34.7. The molecule has 0 atom stereocenters. The summed E-state index contributed by atoms with van der Waals surface area (Å²) >= 11 is 0. The van der Waals surface area contributed by atoms with Crippen molar-refractivity contribution < 1.29 is 0 Å². The number of hydrogen-bond acceptors (Lipinski definition) is 0. The van der Waals surface area contributed by atoms with Crippen LogP contribution in [0.15, 0.2) is 121 Å². The molecule has 2 heterocycles. The second-order valence-electron chi connectivity index (χ2n) is 14.1. The van der Waals surface area contributed by atoms with Crippen LogP contribution in [0.5, 0.6) is 0 Å². The zero-order valence-electron chi connectivity index (χ0n) is 30.1. The number of fused-ring (bicyclic) bond motifs is 9. The number of aromatic nitrogens is 2. The Morgan fingerprint density at radius 1 is 0.412 bits per heavy atom. The molecule has 0 unspecified atom stereocenters. The molecular formula is C49H44N2. The van der Waals surface area contributed by atoms with Crippen LogP contribution in [-0.4, -0.2) is 9.13 Å². The Morgan fingerprint density at radius 3 is 1.20 bits per heavy atom. The van der Waals surface area contributed by atoms with E-state index in [0.29, 0.717) is 0 Å². The summed E-state index contributed by atoms with van der Waals surface area (Å²) in [6.07, 6.45) is 11.3. The molecule has 0 spiro atoms. The van der Waals surface area contributed by atoms with E-state index in [0.717, 1.165) is 25.9 Å². The SMILES string of the molecule is CCn1c2ccccc2c2cc(/C=C/c3ccc4c(c3)C(CC)(CC)c3cc(/C=C/c5ccc6c(c5)c5ccccc5n6CC)ccc3-4)ccc21. The molecule has 0 aliphatic heterocycles. The summed E-state index contributed by atoms with van der Waals surface area (Å²) in [6, 6.07) is 45.5. The molecule has 8 aromatic rings. The van der Waals surface area contributed by atoms with Crippen molar-refractivity contribution in [2.45, 2.75) is 59.0 Å². The average molecular weight is 661 g/mol. The van der Waals surface area contributed by atoms with E-state index < -0.39 is 0 Å². The molecule has 0 N–H and O–H groups in total. The van der Waals surface area contributed by atoms with Crippen LogP contribution in [0.3, 0.4) is 0 Å². The maximum atomic E-state index is 2.46. The standard InChI is InChI=1S/C49H44N2/c1-5-49(6-2)43-31-35(19-17-33-23-27-47-41(29-33)39-13-9-11-15-45(39)50(47)7-3)21-25-37(43)38-26-22-36(32-44(38)49)20-18-34-24-28-48-42(30-34)40-14-10-12-16-46(40)51(48)8-4/h9-32H,5-8H2,1-4H3/b19-17+,20-18+. The first-order valence-corrected chi connectivity index (χ1v) is 18.7. The van der Waals surface area contributed by atoms with Crippen molar-refractivity contribution >= 4 is 67.9 Å². The average Bonchev–Trinajstić information content (AvgIpc) is 3.78. The van der Waals surface area contributed by atoms with Gasteiger partial charge in [0, 0.05) is 62.1 Å². The number of nitrogens with zero attached hydrogens (tertiary/aromatic N) is 2. The summed E-state index contributed by atoms with van der Waals surface area (Å²) < 4.78 is 4.83. The van der Waals surface area contributed by atoms with Crippen LogP contribution in [0.25, 0.3) is 79.0 Å². The number of para-hydroxylation sites is 2. The van der Waals surface area contributed by atoms with Crippen molar-refractivity contribution in [1.29, 1.82) is 0 Å². The first-order valence-electron chi connectivity index (χ1n) is 18.7. The third kappa shape index (κ3) is 4.84. The highest BCUT2D eigenvalue weighted by Gasteiger charge is 2.40. The lowest BCUT2D eigenvalue weighted by Gasteiger charge is -2.30. The van der Waals surface area contributed by atoms with Gasteiger partial charge in [-0.2, -0.15) is 0 Å². The number of aryl methyl sites for hydroxylation is 2. The smallest absolute Gasteiger partial charge is 0.0491 e. The van der Waals surface area contributed by atoms with Gasteiger partial charge < -0.3 is 9.13 Å². The lowest BCUT2D eigenvalue weighted by molar-refractivity contribution is 0.490. The van der Waals surface area contributed by atoms with Gasteiger partial charge >= 0.3 is 0 Å². The first-order chi connectivity index (χ1) is 25.1. The Morgan fingerprint density at radius 2 is 0.784 bits per heavy atom. The van der Waals surface area contributed by atoms with Crippen molar-refractivity contribution in [1.82, 2.24) is 9.13 Å². The van der Waals surface area contributed by atoms with Crippen molar-refractivity contribution in [2.75, 3.05) is 0 Å². The van der Waals surface area contributed by atoms with Crippen LogP contribution in [0, 0.1) is 0 Å². The maximum Gasteiger partial charge on any atom is 0.0491 e. The van der Waals surface area contributed by atoms with Gasteiger partial charge in [0.05, 0.1) is 0 Å². The summed E-state index contributed by atoms with van der Waals surface area (Å²) in [5.74, 6) is 0. The maximum absolute atomic E-state index is 2.46. The normalized spacial score (nSPS) is 13.8. The van der Waals surface area contributed by atoms with Gasteiger partial charge in [-0.25, -0.2) is 0 Å². The number of benzene rings is 6. The number of rotatable bonds is 8. The fraction of sp³-hybridized carbons (Fsp3) is 0.184. The fourth-order valence-corrected chi connectivity index (χ4v) is 9.17. The molecule has 0 radical (unpaired) electrons. The summed E-state index contributed by atoms with van der Waals surface area (Å²) in [6.45, 7) is 11.1. The topological polar surface area (TPSA) is 9.86 Å². The van der Waals surface area contributed by atoms with Gasteiger partial charge in [-0.15, -0.1) is 0 Å². The molecule has 1 aliphatic rings. The van der Waals surface area contributed by atoms with Crippen molar-refractivity contribution in [3.63, 3.8) is 0 Å². The molecule has 1 aliphatic carbocycles. The highest BCUT2D eigenvalue weighted by molar-refractivity contribution is 6.09. The van der Waals surface area contributed by atoms with Crippen LogP contribution in [-0.2, 0) is 18.5 Å². The van der Waals surface area contributed by atoms with E-state index in [9.17, 15) is 0 Å². The first kappa shape index (κ1) is 31.4. The monoisotopic (exact) mass is 660 g/mol. The molecule has 250 valence electrons. The van der Waals surface area contributed by atoms with E-state index >= 15 is 0 Å². The molecule has 0 fully saturated rings. The van der Waals surface area contributed by atoms with E-state index in [1.165, 1.54) is 88.1 Å². The molecule has 51 heavy (non-hydrogen) atoms. The van der Waals surface area contributed by atoms with Gasteiger partial charge in [0.1, 0.15) is 0 Å². The van der Waals surface area contributed by atoms with Crippen molar-refractivity contribution in [3.05, 3.63) is 155 Å². The van der Waals surface area contributed by atoms with E-state index in [2.05, 4.69) is 182 Å². The predicted octanol–water partition coefficient (Wildman–Crippen LogP) is 13.4. The van der Waals surface area contributed by atoms with Gasteiger partial charge in [0.15, 0.2) is 0 Å². The number of hydrogen-bond donors (Lipinski definition) is 0. The quantitative estimate of drug-likeness (QED) is 0.144. The minimum absolute atomic E-state index is 0.000148. The minimum Gasteiger partial charge on any atom is -0.341 e. The second-order valence-corrected chi connectivity index (χ2v) is 14.1. The summed E-state index contributed by atoms with van der Waals surface area (Å²) in [5, 5.41) is 5.30. The van der Waals surface area contributed by atoms with Gasteiger partial charge in [-0.3, -0.25) is 0 Å². The van der Waals surface area contributed by atoms with Gasteiger partial charge in [0.25, 0.3) is 0 Å². The zero-order valence-corrected chi connectivity index (χ0v) is 30.1. The second kappa shape index (κ2) is 12.3. The van der Waals surface area contributed by atoms with Crippen molar-refractivity contribution in [2.24, 2.45) is 0 Å². The van der Waals surface area contributed by atoms with E-state index in [4.69, 9.17) is 0 Å². The third-order valence-corrected chi connectivity index (χ3v) is 11.8. The molecule has 9 rings (SSSR count). The van der Waals surface area contributed by atoms with Crippen LogP contribution in [0.1, 0.15) is 73.9 Å². The van der Waals surface area contributed by atoms with E-state index in [1.807, 2.05) is 0 Å². The fourth-order valence-electron chi connectivity index (χ4n) is 9.17. The molecule has 0 bridgehead atoms. The third-order valence-electron chi connectivity index (χ3n) is 11.8. The van der Waals surface area contributed by atoms with Gasteiger partial charge in [-0.1, -0.05) is 123 Å². The van der Waals surface area contributed by atoms with Crippen molar-refractivity contribution in [3.8, 4) is 11.1 Å². The molecule has 0 saturated heterocycles. The highest BCUT2D eigenvalue weighted by atomic mass is 15.0. The molecule has 0 amide bonds. The molecule has 2 heteroatoms. The lowest BCUT2D eigenvalue weighted by Crippen LogP contribution is -2.23. The highest BCUT2D eigenvalue weighted by Crippen LogP contribution is 2.53. The van der Waals surface area contributed by atoms with E-state index in [-0.39, 0.29) is 5.41 Å². The van der Waals surface area contributed by atoms with Crippen LogP contribution in [0.4, 0.5) is 0 Å². The largest absolute Gasteiger partial charge is 0.341 e. The minimum atomic E-state index is 0.000148. The summed E-state index contributed by atoms with van der Waals surface area (Å²) in [7, 11) is 0. The molecule has 6 aromatic carbocycles. The van der Waals surface area contributed by atoms with Gasteiger partial charge in [-0.05, 0) is 108 Å². The lowest BCUT2D eigenvalue weighted by atomic mass is 9.73. The van der Waals surface area contributed by atoms with E-state index in [1.54, 1.807) is 0 Å².